The number of rotatable bonds is 0. The lowest BCUT2D eigenvalue weighted by molar-refractivity contribution is 0.629. The van der Waals surface area contributed by atoms with Gasteiger partial charge >= 0.3 is 0 Å². The van der Waals surface area contributed by atoms with Crippen molar-refractivity contribution >= 4 is 40.5 Å². The summed E-state index contributed by atoms with van der Waals surface area (Å²) in [6.45, 7) is 0. The van der Waals surface area contributed by atoms with Crippen molar-refractivity contribution in [2.45, 2.75) is 0 Å². The second kappa shape index (κ2) is 3.05. The van der Waals surface area contributed by atoms with Gasteiger partial charge in [0.05, 0.1) is 20.8 Å². The molecule has 0 saturated carbocycles. The maximum Gasteiger partial charge on any atom is 0.162 e. The highest BCUT2D eigenvalue weighted by atomic mass is 35.5. The number of hydrogen-bond donors (Lipinski definition) is 1. The van der Waals surface area contributed by atoms with Gasteiger partial charge in [0.15, 0.2) is 5.82 Å². The molecular weight excluding hydrogens is 211 g/mol. The van der Waals surface area contributed by atoms with Gasteiger partial charge in [-0.15, -0.1) is 0 Å². The van der Waals surface area contributed by atoms with Gasteiger partial charge in [0.2, 0.25) is 0 Å². The van der Waals surface area contributed by atoms with Gasteiger partial charge in [-0.05, 0) is 6.07 Å². The minimum Gasteiger partial charge on any atom is -0.397 e. The van der Waals surface area contributed by atoms with Crippen molar-refractivity contribution in [1.82, 2.24) is 0 Å². The highest BCUT2D eigenvalue weighted by Gasteiger charge is 2.11. The first-order valence-electron chi connectivity index (χ1n) is 2.62. The summed E-state index contributed by atoms with van der Waals surface area (Å²) in [7, 11) is 0. The Bertz CT molecular complexity index is 274. The van der Waals surface area contributed by atoms with E-state index in [4.69, 9.17) is 40.5 Å². The third-order valence-corrected chi connectivity index (χ3v) is 2.26. The van der Waals surface area contributed by atoms with Crippen molar-refractivity contribution in [2.75, 3.05) is 5.73 Å². The average Bonchev–Trinajstić information content (AvgIpc) is 1.97. The molecule has 0 aromatic heterocycles. The lowest BCUT2D eigenvalue weighted by atomic mass is 10.3. The number of halogens is 4. The molecule has 0 atom stereocenters. The molecular formula is C6H3Cl3FN. The maximum atomic E-state index is 12.8. The van der Waals surface area contributed by atoms with Gasteiger partial charge in [-0.2, -0.15) is 0 Å². The molecule has 0 unspecified atom stereocenters. The number of benzene rings is 1. The van der Waals surface area contributed by atoms with Crippen LogP contribution >= 0.6 is 34.8 Å². The zero-order chi connectivity index (χ0) is 8.59. The molecule has 0 saturated heterocycles. The van der Waals surface area contributed by atoms with Crippen molar-refractivity contribution in [3.63, 3.8) is 0 Å². The van der Waals surface area contributed by atoms with E-state index in [1.54, 1.807) is 0 Å². The maximum absolute atomic E-state index is 12.8. The molecule has 1 nitrogen and oxygen atoms in total. The highest BCUT2D eigenvalue weighted by molar-refractivity contribution is 6.45. The number of hydrogen-bond acceptors (Lipinski definition) is 1. The Labute approximate surface area is 77.8 Å². The van der Waals surface area contributed by atoms with Crippen LogP contribution in [0, 0.1) is 5.82 Å². The summed E-state index contributed by atoms with van der Waals surface area (Å²) in [5, 5.41) is -0.373. The molecule has 0 amide bonds. The topological polar surface area (TPSA) is 26.0 Å². The molecule has 0 aliphatic rings. The minimum absolute atomic E-state index is 0.00596. The molecule has 1 aromatic rings. The molecule has 0 aliphatic carbocycles. The molecule has 1 rings (SSSR count). The van der Waals surface area contributed by atoms with Gasteiger partial charge in [-0.3, -0.25) is 0 Å². The van der Waals surface area contributed by atoms with E-state index >= 15 is 0 Å². The molecule has 5 heteroatoms. The largest absolute Gasteiger partial charge is 0.397 e. The molecule has 0 fully saturated rings. The Morgan fingerprint density at radius 3 is 2.27 bits per heavy atom. The molecule has 0 radical (unpaired) electrons. The van der Waals surface area contributed by atoms with Crippen LogP contribution in [0.1, 0.15) is 0 Å². The second-order valence-corrected chi connectivity index (χ2v) is 3.05. The van der Waals surface area contributed by atoms with Gasteiger partial charge in [-0.1, -0.05) is 34.8 Å². The summed E-state index contributed by atoms with van der Waals surface area (Å²) < 4.78 is 12.8. The molecule has 11 heavy (non-hydrogen) atoms. The standard InChI is InChI=1S/C6H3Cl3FN/c7-2-1-3(11)4(8)5(9)6(2)10/h1H,11H2. The van der Waals surface area contributed by atoms with Crippen molar-refractivity contribution in [2.24, 2.45) is 0 Å². The van der Waals surface area contributed by atoms with Gasteiger partial charge in [-0.25, -0.2) is 4.39 Å². The van der Waals surface area contributed by atoms with Crippen LogP contribution < -0.4 is 5.73 Å². The van der Waals surface area contributed by atoms with E-state index in [0.29, 0.717) is 0 Å². The van der Waals surface area contributed by atoms with Crippen LogP contribution in [0.2, 0.25) is 15.1 Å². The van der Waals surface area contributed by atoms with Crippen LogP contribution in [0.3, 0.4) is 0 Å². The molecule has 0 aliphatic heterocycles. The second-order valence-electron chi connectivity index (χ2n) is 1.89. The van der Waals surface area contributed by atoms with Gasteiger partial charge < -0.3 is 5.73 Å². The fourth-order valence-corrected chi connectivity index (χ4v) is 1.20. The quantitative estimate of drug-likeness (QED) is 0.400. The summed E-state index contributed by atoms with van der Waals surface area (Å²) in [4.78, 5) is 0. The summed E-state index contributed by atoms with van der Waals surface area (Å²) in [5.74, 6) is -0.743. The van der Waals surface area contributed by atoms with Gasteiger partial charge in [0.25, 0.3) is 0 Å². The Morgan fingerprint density at radius 2 is 1.73 bits per heavy atom. The number of nitrogen functional groups attached to an aromatic ring is 1. The van der Waals surface area contributed by atoms with E-state index in [1.165, 1.54) is 6.07 Å². The minimum atomic E-state index is -0.743. The zero-order valence-electron chi connectivity index (χ0n) is 5.17. The predicted octanol–water partition coefficient (Wildman–Crippen LogP) is 3.37. The molecule has 0 spiro atoms. The van der Waals surface area contributed by atoms with Crippen LogP contribution in [0.5, 0.6) is 0 Å². The molecule has 60 valence electrons. The SMILES string of the molecule is Nc1cc(Cl)c(F)c(Cl)c1Cl. The Balaban J connectivity index is 3.46. The van der Waals surface area contributed by atoms with Crippen molar-refractivity contribution in [1.29, 1.82) is 0 Å². The fourth-order valence-electron chi connectivity index (χ4n) is 0.591. The van der Waals surface area contributed by atoms with Crippen molar-refractivity contribution in [3.8, 4) is 0 Å². The van der Waals surface area contributed by atoms with Crippen molar-refractivity contribution < 1.29 is 4.39 Å². The summed E-state index contributed by atoms with van der Waals surface area (Å²) in [6.07, 6.45) is 0. The number of nitrogens with two attached hydrogens (primary N) is 1. The smallest absolute Gasteiger partial charge is 0.162 e. The van der Waals surface area contributed by atoms with Gasteiger partial charge in [0.1, 0.15) is 0 Å². The molecule has 1 aromatic carbocycles. The first-order chi connectivity index (χ1) is 5.04. The normalized spacial score (nSPS) is 10.2. The number of anilines is 1. The van der Waals surface area contributed by atoms with E-state index in [0.717, 1.165) is 0 Å². The van der Waals surface area contributed by atoms with Crippen LogP contribution in [-0.4, -0.2) is 0 Å². The third kappa shape index (κ3) is 1.53. The predicted molar refractivity (Wildman–Crippen MR) is 45.8 cm³/mol. The lowest BCUT2D eigenvalue weighted by Gasteiger charge is -2.02. The Hall–Kier alpha value is -0.180. The van der Waals surface area contributed by atoms with E-state index in [1.807, 2.05) is 0 Å². The first-order valence-corrected chi connectivity index (χ1v) is 3.76. The molecule has 0 bridgehead atoms. The van der Waals surface area contributed by atoms with E-state index in [-0.39, 0.29) is 20.8 Å². The average molecular weight is 214 g/mol. The molecule has 2 N–H and O–H groups in total. The van der Waals surface area contributed by atoms with E-state index in [2.05, 4.69) is 0 Å². The van der Waals surface area contributed by atoms with E-state index < -0.39 is 5.82 Å². The van der Waals surface area contributed by atoms with Crippen LogP contribution in [0.25, 0.3) is 0 Å². The molecule has 0 heterocycles. The van der Waals surface area contributed by atoms with Crippen LogP contribution in [0.4, 0.5) is 10.1 Å². The zero-order valence-corrected chi connectivity index (χ0v) is 7.43. The highest BCUT2D eigenvalue weighted by Crippen LogP contribution is 2.34. The lowest BCUT2D eigenvalue weighted by Crippen LogP contribution is -1.90. The third-order valence-electron chi connectivity index (χ3n) is 1.13. The van der Waals surface area contributed by atoms with Gasteiger partial charge in [0, 0.05) is 0 Å². The van der Waals surface area contributed by atoms with Crippen LogP contribution in [0.15, 0.2) is 6.07 Å². The monoisotopic (exact) mass is 213 g/mol. The van der Waals surface area contributed by atoms with Crippen LogP contribution in [-0.2, 0) is 0 Å². The summed E-state index contributed by atoms with van der Waals surface area (Å²) in [5.41, 5.74) is 5.49. The Kier molecular flexibility index (Phi) is 2.47. The summed E-state index contributed by atoms with van der Waals surface area (Å²) in [6, 6.07) is 1.21. The summed E-state index contributed by atoms with van der Waals surface area (Å²) >= 11 is 16.3. The van der Waals surface area contributed by atoms with Crippen molar-refractivity contribution in [3.05, 3.63) is 27.0 Å². The Morgan fingerprint density at radius 1 is 1.18 bits per heavy atom. The van der Waals surface area contributed by atoms with E-state index in [9.17, 15) is 4.39 Å². The first kappa shape index (κ1) is 8.91. The fraction of sp³-hybridized carbons (Fsp3) is 0.